The molecule has 4 nitrogen and oxygen atoms in total. The van der Waals surface area contributed by atoms with Crippen LogP contribution in [0, 0.1) is 0 Å². The van der Waals surface area contributed by atoms with E-state index in [4.69, 9.17) is 10.5 Å². The van der Waals surface area contributed by atoms with Crippen LogP contribution < -0.4 is 15.5 Å². The maximum atomic E-state index is 5.78. The number of hydrogen-bond donors (Lipinski definition) is 1. The fourth-order valence-electron chi connectivity index (χ4n) is 2.60. The van der Waals surface area contributed by atoms with Crippen LogP contribution in [-0.2, 0) is 0 Å². The third-order valence-electron chi connectivity index (χ3n) is 3.73. The minimum Gasteiger partial charge on any atom is -0.497 e. The predicted molar refractivity (Wildman–Crippen MR) is 85.8 cm³/mol. The highest BCUT2D eigenvalue weighted by Crippen LogP contribution is 2.35. The van der Waals surface area contributed by atoms with Gasteiger partial charge in [0.2, 0.25) is 0 Å². The molecule has 108 valence electrons. The molecule has 0 aromatic heterocycles. The second kappa shape index (κ2) is 5.97. The second-order valence-corrected chi connectivity index (χ2v) is 5.04. The van der Waals surface area contributed by atoms with Gasteiger partial charge in [0.15, 0.2) is 0 Å². The molecule has 0 fully saturated rings. The molecule has 1 heterocycles. The predicted octanol–water partition coefficient (Wildman–Crippen LogP) is 2.96. The van der Waals surface area contributed by atoms with Gasteiger partial charge in [-0.2, -0.15) is 5.10 Å². The third kappa shape index (κ3) is 2.76. The Balaban J connectivity index is 1.93. The third-order valence-corrected chi connectivity index (χ3v) is 3.73. The molecular weight excluding hydrogens is 262 g/mol. The number of benzene rings is 2. The van der Waals surface area contributed by atoms with Crippen molar-refractivity contribution in [3.8, 4) is 5.75 Å². The molecule has 0 saturated heterocycles. The summed E-state index contributed by atoms with van der Waals surface area (Å²) >= 11 is 0. The van der Waals surface area contributed by atoms with Gasteiger partial charge < -0.3 is 10.5 Å². The van der Waals surface area contributed by atoms with Gasteiger partial charge in [-0.25, -0.2) is 0 Å². The van der Waals surface area contributed by atoms with Gasteiger partial charge in [-0.05, 0) is 29.8 Å². The Bertz CT molecular complexity index is 622. The van der Waals surface area contributed by atoms with Crippen molar-refractivity contribution >= 4 is 11.4 Å². The molecule has 2 aromatic rings. The molecule has 2 aromatic carbocycles. The molecule has 0 amide bonds. The number of nitrogens with two attached hydrogens (primary N) is 1. The highest BCUT2D eigenvalue weighted by atomic mass is 16.5. The van der Waals surface area contributed by atoms with Crippen LogP contribution >= 0.6 is 0 Å². The molecule has 1 unspecified atom stereocenters. The van der Waals surface area contributed by atoms with Gasteiger partial charge >= 0.3 is 0 Å². The van der Waals surface area contributed by atoms with Gasteiger partial charge in [-0.1, -0.05) is 30.3 Å². The Morgan fingerprint density at radius 3 is 2.48 bits per heavy atom. The molecule has 1 aliphatic rings. The van der Waals surface area contributed by atoms with Crippen LogP contribution in [0.5, 0.6) is 5.75 Å². The van der Waals surface area contributed by atoms with Crippen molar-refractivity contribution in [2.24, 2.45) is 10.8 Å². The summed E-state index contributed by atoms with van der Waals surface area (Å²) in [6, 6.07) is 18.6. The first-order chi connectivity index (χ1) is 10.3. The Kier molecular flexibility index (Phi) is 3.88. The lowest BCUT2D eigenvalue weighted by molar-refractivity contribution is 0.415. The van der Waals surface area contributed by atoms with E-state index in [2.05, 4.69) is 34.4 Å². The minimum absolute atomic E-state index is 0.207. The molecule has 0 saturated carbocycles. The SMILES string of the molecule is COc1ccc(N2N=C(CN)CC2c2ccccc2)cc1. The van der Waals surface area contributed by atoms with E-state index in [1.807, 2.05) is 30.3 Å². The largest absolute Gasteiger partial charge is 0.497 e. The summed E-state index contributed by atoms with van der Waals surface area (Å²) in [4.78, 5) is 0. The topological polar surface area (TPSA) is 50.8 Å². The lowest BCUT2D eigenvalue weighted by Gasteiger charge is -2.24. The van der Waals surface area contributed by atoms with Gasteiger partial charge in [0.05, 0.1) is 24.6 Å². The lowest BCUT2D eigenvalue weighted by Crippen LogP contribution is -2.18. The quantitative estimate of drug-likeness (QED) is 0.937. The highest BCUT2D eigenvalue weighted by molar-refractivity contribution is 5.90. The van der Waals surface area contributed by atoms with Crippen molar-refractivity contribution in [3.63, 3.8) is 0 Å². The standard InChI is InChI=1S/C17H19N3O/c1-21-16-9-7-15(8-10-16)20-17(11-14(12-18)19-20)13-5-3-2-4-6-13/h2-10,17H,11-12,18H2,1H3. The maximum Gasteiger partial charge on any atom is 0.119 e. The van der Waals surface area contributed by atoms with E-state index < -0.39 is 0 Å². The Morgan fingerprint density at radius 2 is 1.86 bits per heavy atom. The summed E-state index contributed by atoms with van der Waals surface area (Å²) in [5.74, 6) is 0.845. The average Bonchev–Trinajstić information content (AvgIpc) is 3.00. The number of ether oxygens (including phenoxy) is 1. The van der Waals surface area contributed by atoms with E-state index in [0.29, 0.717) is 6.54 Å². The molecule has 3 rings (SSSR count). The lowest BCUT2D eigenvalue weighted by atomic mass is 10.0. The molecule has 0 aliphatic carbocycles. The van der Waals surface area contributed by atoms with E-state index in [-0.39, 0.29) is 6.04 Å². The number of rotatable bonds is 4. The molecule has 0 radical (unpaired) electrons. The van der Waals surface area contributed by atoms with Crippen molar-refractivity contribution < 1.29 is 4.74 Å². The molecule has 2 N–H and O–H groups in total. The van der Waals surface area contributed by atoms with Gasteiger partial charge in [0.1, 0.15) is 5.75 Å². The number of nitrogens with zero attached hydrogens (tertiary/aromatic N) is 2. The number of methoxy groups -OCH3 is 1. The molecule has 21 heavy (non-hydrogen) atoms. The smallest absolute Gasteiger partial charge is 0.119 e. The van der Waals surface area contributed by atoms with Crippen LogP contribution in [-0.4, -0.2) is 19.4 Å². The fraction of sp³-hybridized carbons (Fsp3) is 0.235. The zero-order valence-corrected chi connectivity index (χ0v) is 12.1. The number of anilines is 1. The van der Waals surface area contributed by atoms with E-state index >= 15 is 0 Å². The van der Waals surface area contributed by atoms with Crippen molar-refractivity contribution in [1.82, 2.24) is 0 Å². The Hall–Kier alpha value is -2.33. The van der Waals surface area contributed by atoms with Crippen LogP contribution in [0.2, 0.25) is 0 Å². The van der Waals surface area contributed by atoms with E-state index in [1.165, 1.54) is 5.56 Å². The minimum atomic E-state index is 0.207. The number of hydrazone groups is 1. The highest BCUT2D eigenvalue weighted by Gasteiger charge is 2.28. The first-order valence-corrected chi connectivity index (χ1v) is 7.06. The van der Waals surface area contributed by atoms with Gasteiger partial charge in [0.25, 0.3) is 0 Å². The van der Waals surface area contributed by atoms with Crippen LogP contribution in [0.1, 0.15) is 18.0 Å². The fourth-order valence-corrected chi connectivity index (χ4v) is 2.60. The molecule has 4 heteroatoms. The molecule has 1 atom stereocenters. The monoisotopic (exact) mass is 281 g/mol. The van der Waals surface area contributed by atoms with Crippen LogP contribution in [0.4, 0.5) is 5.69 Å². The molecule has 1 aliphatic heterocycles. The van der Waals surface area contributed by atoms with Gasteiger partial charge in [-0.3, -0.25) is 5.01 Å². The van der Waals surface area contributed by atoms with E-state index in [0.717, 1.165) is 23.6 Å². The first-order valence-electron chi connectivity index (χ1n) is 7.06. The summed E-state index contributed by atoms with van der Waals surface area (Å²) in [6.45, 7) is 0.496. The van der Waals surface area contributed by atoms with Gasteiger partial charge in [-0.15, -0.1) is 0 Å². The first kappa shape index (κ1) is 13.6. The van der Waals surface area contributed by atoms with E-state index in [1.54, 1.807) is 7.11 Å². The Labute approximate surface area is 124 Å². The summed E-state index contributed by atoms with van der Waals surface area (Å²) in [5, 5.41) is 6.73. The van der Waals surface area contributed by atoms with Crippen LogP contribution in [0.15, 0.2) is 59.7 Å². The van der Waals surface area contributed by atoms with Crippen molar-refractivity contribution in [3.05, 3.63) is 60.2 Å². The van der Waals surface area contributed by atoms with Crippen molar-refractivity contribution in [2.45, 2.75) is 12.5 Å². The maximum absolute atomic E-state index is 5.78. The average molecular weight is 281 g/mol. The number of hydrogen-bond acceptors (Lipinski definition) is 4. The van der Waals surface area contributed by atoms with Gasteiger partial charge in [0, 0.05) is 13.0 Å². The normalized spacial score (nSPS) is 17.7. The zero-order chi connectivity index (χ0) is 14.7. The summed E-state index contributed by atoms with van der Waals surface area (Å²) in [7, 11) is 1.67. The van der Waals surface area contributed by atoms with E-state index in [9.17, 15) is 0 Å². The Morgan fingerprint density at radius 1 is 1.14 bits per heavy atom. The summed E-state index contributed by atoms with van der Waals surface area (Å²) in [6.07, 6.45) is 0.868. The van der Waals surface area contributed by atoms with Crippen LogP contribution in [0.25, 0.3) is 0 Å². The molecular formula is C17H19N3O. The molecule has 0 bridgehead atoms. The zero-order valence-electron chi connectivity index (χ0n) is 12.1. The van der Waals surface area contributed by atoms with Crippen LogP contribution in [0.3, 0.4) is 0 Å². The summed E-state index contributed by atoms with van der Waals surface area (Å²) in [5.41, 5.74) is 9.11. The van der Waals surface area contributed by atoms with Crippen molar-refractivity contribution in [2.75, 3.05) is 18.7 Å². The summed E-state index contributed by atoms with van der Waals surface area (Å²) < 4.78 is 5.21. The molecule has 0 spiro atoms. The second-order valence-electron chi connectivity index (χ2n) is 5.04. The van der Waals surface area contributed by atoms with Crippen molar-refractivity contribution in [1.29, 1.82) is 0 Å².